The molecular formula is C19H16FN2O+. The average Bonchev–Trinajstić information content (AvgIpc) is 2.57. The molecule has 3 rings (SSSR count). The molecular weight excluding hydrogens is 291 g/mol. The Kier molecular flexibility index (Phi) is 4.24. The molecule has 4 heteroatoms. The van der Waals surface area contributed by atoms with Crippen LogP contribution in [0.25, 0.3) is 11.3 Å². The fraction of sp³-hybridized carbons (Fsp3) is 0.105. The minimum absolute atomic E-state index is 0.0834. The van der Waals surface area contributed by atoms with Gasteiger partial charge in [-0.25, -0.2) is 8.96 Å². The van der Waals surface area contributed by atoms with Crippen LogP contribution in [0.3, 0.4) is 0 Å². The summed E-state index contributed by atoms with van der Waals surface area (Å²) in [6.45, 7) is 2.21. The summed E-state index contributed by atoms with van der Waals surface area (Å²) in [7, 11) is 0. The first-order valence-electron chi connectivity index (χ1n) is 7.33. The minimum Gasteiger partial charge on any atom is -0.290 e. The molecule has 3 nitrogen and oxygen atoms in total. The molecule has 0 fully saturated rings. The Morgan fingerprint density at radius 1 is 1.04 bits per heavy atom. The van der Waals surface area contributed by atoms with Gasteiger partial charge in [-0.2, -0.15) is 0 Å². The summed E-state index contributed by atoms with van der Waals surface area (Å²) in [5.74, 6) is -0.432. The van der Waals surface area contributed by atoms with Crippen molar-refractivity contribution >= 4 is 5.78 Å². The monoisotopic (exact) mass is 307 g/mol. The molecule has 3 aromatic rings. The summed E-state index contributed by atoms with van der Waals surface area (Å²) in [5.41, 5.74) is 3.58. The van der Waals surface area contributed by atoms with Crippen LogP contribution in [0.15, 0.2) is 67.1 Å². The highest BCUT2D eigenvalue weighted by molar-refractivity contribution is 5.94. The number of carbonyl (C=O) groups excluding carboxylic acids is 1. The average molecular weight is 307 g/mol. The quantitative estimate of drug-likeness (QED) is 0.547. The normalized spacial score (nSPS) is 10.5. The molecule has 0 unspecified atom stereocenters. The van der Waals surface area contributed by atoms with Crippen LogP contribution in [0.2, 0.25) is 0 Å². The second kappa shape index (κ2) is 6.48. The largest absolute Gasteiger partial charge is 0.290 e. The molecule has 0 amide bonds. The number of benzene rings is 2. The Labute approximate surface area is 134 Å². The standard InChI is InChI=1S/C19H16FN2O/c1-14-2-4-15(5-3-14)18-10-11-22(13-21-18)12-19(23)16-6-8-17(20)9-7-16/h2-11,13H,12H2,1H3/q+1. The molecule has 2 aromatic carbocycles. The van der Waals surface area contributed by atoms with Gasteiger partial charge in [0.1, 0.15) is 5.82 Å². The first-order chi connectivity index (χ1) is 11.1. The number of aryl methyl sites for hydroxylation is 1. The topological polar surface area (TPSA) is 33.8 Å². The molecule has 1 heterocycles. The van der Waals surface area contributed by atoms with Gasteiger partial charge in [-0.3, -0.25) is 4.79 Å². The Hall–Kier alpha value is -2.88. The molecule has 0 aliphatic carbocycles. The van der Waals surface area contributed by atoms with Crippen LogP contribution in [-0.4, -0.2) is 10.8 Å². The molecule has 114 valence electrons. The Bertz CT molecular complexity index is 809. The van der Waals surface area contributed by atoms with Crippen molar-refractivity contribution < 1.29 is 13.8 Å². The van der Waals surface area contributed by atoms with E-state index in [1.807, 2.05) is 43.5 Å². The summed E-state index contributed by atoms with van der Waals surface area (Å²) in [4.78, 5) is 16.5. The van der Waals surface area contributed by atoms with Crippen molar-refractivity contribution in [3.05, 3.63) is 84.1 Å². The highest BCUT2D eigenvalue weighted by atomic mass is 19.1. The van der Waals surface area contributed by atoms with E-state index in [2.05, 4.69) is 4.98 Å². The van der Waals surface area contributed by atoms with E-state index in [9.17, 15) is 9.18 Å². The number of aromatic nitrogens is 2. The summed E-state index contributed by atoms with van der Waals surface area (Å²) in [6.07, 6.45) is 3.46. The molecule has 0 saturated carbocycles. The van der Waals surface area contributed by atoms with Crippen LogP contribution < -0.4 is 4.57 Å². The Balaban J connectivity index is 1.73. The van der Waals surface area contributed by atoms with Gasteiger partial charge in [0.15, 0.2) is 12.2 Å². The molecule has 0 spiro atoms. The Morgan fingerprint density at radius 2 is 1.74 bits per heavy atom. The van der Waals surface area contributed by atoms with Crippen LogP contribution in [-0.2, 0) is 6.54 Å². The van der Waals surface area contributed by atoms with Gasteiger partial charge in [0.25, 0.3) is 6.33 Å². The van der Waals surface area contributed by atoms with E-state index in [-0.39, 0.29) is 18.1 Å². The van der Waals surface area contributed by atoms with Crippen LogP contribution in [0.1, 0.15) is 15.9 Å². The van der Waals surface area contributed by atoms with E-state index in [0.717, 1.165) is 11.3 Å². The summed E-state index contributed by atoms with van der Waals surface area (Å²) in [5, 5.41) is 0. The third-order valence-electron chi connectivity index (χ3n) is 3.61. The number of nitrogens with zero attached hydrogens (tertiary/aromatic N) is 2. The maximum absolute atomic E-state index is 12.9. The molecule has 0 aliphatic heterocycles. The molecule has 0 N–H and O–H groups in total. The third kappa shape index (κ3) is 3.66. The molecule has 1 aromatic heterocycles. The van der Waals surface area contributed by atoms with Crippen molar-refractivity contribution in [2.45, 2.75) is 13.5 Å². The van der Waals surface area contributed by atoms with Gasteiger partial charge in [-0.05, 0) is 36.2 Å². The summed E-state index contributed by atoms with van der Waals surface area (Å²) in [6, 6.07) is 15.6. The molecule has 0 saturated heterocycles. The van der Waals surface area contributed by atoms with Crippen molar-refractivity contribution in [2.75, 3.05) is 0 Å². The van der Waals surface area contributed by atoms with Gasteiger partial charge in [-0.1, -0.05) is 29.8 Å². The van der Waals surface area contributed by atoms with Crippen LogP contribution >= 0.6 is 0 Å². The van der Waals surface area contributed by atoms with E-state index in [1.54, 1.807) is 10.9 Å². The number of ketones is 1. The molecule has 23 heavy (non-hydrogen) atoms. The highest BCUT2D eigenvalue weighted by Crippen LogP contribution is 2.15. The lowest BCUT2D eigenvalue weighted by Gasteiger charge is -2.01. The van der Waals surface area contributed by atoms with Gasteiger partial charge in [0, 0.05) is 17.2 Å². The number of rotatable bonds is 4. The lowest BCUT2D eigenvalue weighted by Crippen LogP contribution is -2.37. The van der Waals surface area contributed by atoms with Gasteiger partial charge < -0.3 is 0 Å². The van der Waals surface area contributed by atoms with E-state index in [1.165, 1.54) is 29.8 Å². The zero-order valence-electron chi connectivity index (χ0n) is 12.7. The zero-order valence-corrected chi connectivity index (χ0v) is 12.7. The zero-order chi connectivity index (χ0) is 16.2. The molecule has 0 aliphatic rings. The maximum Gasteiger partial charge on any atom is 0.287 e. The summed E-state index contributed by atoms with van der Waals surface area (Å²) < 4.78 is 14.6. The molecule has 0 radical (unpaired) electrons. The smallest absolute Gasteiger partial charge is 0.287 e. The second-order valence-corrected chi connectivity index (χ2v) is 5.41. The number of hydrogen-bond donors (Lipinski definition) is 0. The number of hydrogen-bond acceptors (Lipinski definition) is 2. The van der Waals surface area contributed by atoms with Crippen LogP contribution in [0.4, 0.5) is 4.39 Å². The predicted molar refractivity (Wildman–Crippen MR) is 85.3 cm³/mol. The summed E-state index contributed by atoms with van der Waals surface area (Å²) >= 11 is 0. The van der Waals surface area contributed by atoms with Crippen molar-refractivity contribution in [1.82, 2.24) is 4.98 Å². The first-order valence-corrected chi connectivity index (χ1v) is 7.33. The van der Waals surface area contributed by atoms with Crippen molar-refractivity contribution in [1.29, 1.82) is 0 Å². The fourth-order valence-corrected chi connectivity index (χ4v) is 2.27. The lowest BCUT2D eigenvalue weighted by atomic mass is 10.1. The molecule has 0 bridgehead atoms. The van der Waals surface area contributed by atoms with Crippen molar-refractivity contribution in [3.8, 4) is 11.3 Å². The maximum atomic E-state index is 12.9. The van der Waals surface area contributed by atoms with Gasteiger partial charge in [0.2, 0.25) is 5.78 Å². The first kappa shape index (κ1) is 15.0. The highest BCUT2D eigenvalue weighted by Gasteiger charge is 2.11. The van der Waals surface area contributed by atoms with Crippen LogP contribution in [0.5, 0.6) is 0 Å². The lowest BCUT2D eigenvalue weighted by molar-refractivity contribution is -0.686. The SMILES string of the molecule is Cc1ccc(-c2cc[n+](CC(=O)c3ccc(F)cc3)cn2)cc1. The van der Waals surface area contributed by atoms with Gasteiger partial charge >= 0.3 is 0 Å². The number of halogens is 1. The number of carbonyl (C=O) groups is 1. The molecule has 0 atom stereocenters. The van der Waals surface area contributed by atoms with E-state index in [0.29, 0.717) is 5.56 Å². The minimum atomic E-state index is -0.349. The van der Waals surface area contributed by atoms with Crippen molar-refractivity contribution in [3.63, 3.8) is 0 Å². The Morgan fingerprint density at radius 3 is 2.35 bits per heavy atom. The van der Waals surface area contributed by atoms with E-state index in [4.69, 9.17) is 0 Å². The fourth-order valence-electron chi connectivity index (χ4n) is 2.27. The van der Waals surface area contributed by atoms with E-state index < -0.39 is 0 Å². The third-order valence-corrected chi connectivity index (χ3v) is 3.61. The van der Waals surface area contributed by atoms with E-state index >= 15 is 0 Å². The second-order valence-electron chi connectivity index (χ2n) is 5.41. The number of Topliss-reactive ketones (excluding diaryl/α,β-unsaturated/α-hetero) is 1. The van der Waals surface area contributed by atoms with Crippen LogP contribution in [0, 0.1) is 12.7 Å². The predicted octanol–water partition coefficient (Wildman–Crippen LogP) is 3.37. The van der Waals surface area contributed by atoms with Gasteiger partial charge in [0.05, 0.1) is 6.20 Å². The van der Waals surface area contributed by atoms with Gasteiger partial charge in [-0.15, -0.1) is 0 Å². The van der Waals surface area contributed by atoms with Crippen molar-refractivity contribution in [2.24, 2.45) is 0 Å².